The molecule has 114 valence electrons. The maximum absolute atomic E-state index is 12.7. The standard InChI is InChI=1S/C14H17ClN2O3S/c1-9(8-21(3,19)20)17-13(10(2)15)16-12-7-5-4-6-11(12)14(17)18/h4-7,9-10H,8H2,1-3H3. The molecule has 1 aromatic heterocycles. The van der Waals surface area contributed by atoms with E-state index < -0.39 is 21.3 Å². The van der Waals surface area contributed by atoms with Crippen LogP contribution in [0.25, 0.3) is 10.9 Å². The molecule has 2 aromatic rings. The van der Waals surface area contributed by atoms with Gasteiger partial charge in [0, 0.05) is 12.3 Å². The highest BCUT2D eigenvalue weighted by Crippen LogP contribution is 2.22. The number of sulfone groups is 1. The fourth-order valence-electron chi connectivity index (χ4n) is 2.38. The Balaban J connectivity index is 2.73. The molecule has 7 heteroatoms. The lowest BCUT2D eigenvalue weighted by Gasteiger charge is -2.20. The molecule has 0 aliphatic carbocycles. The van der Waals surface area contributed by atoms with E-state index in [4.69, 9.17) is 11.6 Å². The first-order valence-electron chi connectivity index (χ1n) is 6.53. The third kappa shape index (κ3) is 3.44. The summed E-state index contributed by atoms with van der Waals surface area (Å²) >= 11 is 6.12. The van der Waals surface area contributed by atoms with Crippen LogP contribution in [0.5, 0.6) is 0 Å². The zero-order valence-corrected chi connectivity index (χ0v) is 13.6. The van der Waals surface area contributed by atoms with Crippen molar-refractivity contribution < 1.29 is 8.42 Å². The lowest BCUT2D eigenvalue weighted by Crippen LogP contribution is -2.31. The van der Waals surface area contributed by atoms with Crippen LogP contribution < -0.4 is 5.56 Å². The quantitative estimate of drug-likeness (QED) is 0.808. The number of nitrogens with zero attached hydrogens (tertiary/aromatic N) is 2. The Bertz CT molecular complexity index is 828. The number of benzene rings is 1. The molecule has 21 heavy (non-hydrogen) atoms. The van der Waals surface area contributed by atoms with Crippen LogP contribution in [0.2, 0.25) is 0 Å². The van der Waals surface area contributed by atoms with Gasteiger partial charge in [-0.1, -0.05) is 12.1 Å². The highest BCUT2D eigenvalue weighted by atomic mass is 35.5. The minimum absolute atomic E-state index is 0.135. The van der Waals surface area contributed by atoms with E-state index in [1.54, 1.807) is 38.1 Å². The summed E-state index contributed by atoms with van der Waals surface area (Å²) in [5, 5.41) is -0.0387. The van der Waals surface area contributed by atoms with E-state index in [1.807, 2.05) is 0 Å². The molecular weight excluding hydrogens is 312 g/mol. The van der Waals surface area contributed by atoms with Crippen LogP contribution in [0.3, 0.4) is 0 Å². The van der Waals surface area contributed by atoms with Gasteiger partial charge in [-0.15, -0.1) is 11.6 Å². The lowest BCUT2D eigenvalue weighted by molar-refractivity contribution is 0.526. The average Bonchev–Trinajstić information content (AvgIpc) is 2.36. The summed E-state index contributed by atoms with van der Waals surface area (Å²) < 4.78 is 24.4. The molecule has 0 aliphatic heterocycles. The second kappa shape index (κ2) is 5.77. The van der Waals surface area contributed by atoms with Crippen molar-refractivity contribution in [3.8, 4) is 0 Å². The maximum atomic E-state index is 12.7. The van der Waals surface area contributed by atoms with Crippen LogP contribution >= 0.6 is 11.6 Å². The van der Waals surface area contributed by atoms with Gasteiger partial charge in [-0.2, -0.15) is 0 Å². The van der Waals surface area contributed by atoms with Crippen molar-refractivity contribution in [1.82, 2.24) is 9.55 Å². The molecule has 0 bridgehead atoms. The summed E-state index contributed by atoms with van der Waals surface area (Å²) in [4.78, 5) is 17.1. The number of para-hydroxylation sites is 1. The van der Waals surface area contributed by atoms with E-state index in [1.165, 1.54) is 4.57 Å². The van der Waals surface area contributed by atoms with Gasteiger partial charge in [0.15, 0.2) is 0 Å². The van der Waals surface area contributed by atoms with Crippen LogP contribution in [-0.2, 0) is 9.84 Å². The highest BCUT2D eigenvalue weighted by molar-refractivity contribution is 7.90. The molecule has 0 amide bonds. The van der Waals surface area contributed by atoms with Gasteiger partial charge in [-0.25, -0.2) is 13.4 Å². The molecule has 0 spiro atoms. The normalized spacial score (nSPS) is 15.0. The first-order chi connectivity index (χ1) is 9.70. The SMILES string of the molecule is CC(Cl)c1nc2ccccc2c(=O)n1C(C)CS(C)(=O)=O. The van der Waals surface area contributed by atoms with Gasteiger partial charge < -0.3 is 0 Å². The fourth-order valence-corrected chi connectivity index (χ4v) is 3.56. The number of halogens is 1. The molecule has 2 rings (SSSR count). The third-order valence-corrected chi connectivity index (χ3v) is 4.46. The monoisotopic (exact) mass is 328 g/mol. The zero-order valence-electron chi connectivity index (χ0n) is 12.1. The van der Waals surface area contributed by atoms with Crippen molar-refractivity contribution in [3.05, 3.63) is 40.4 Å². The Morgan fingerprint density at radius 2 is 1.90 bits per heavy atom. The summed E-state index contributed by atoms with van der Waals surface area (Å²) in [6, 6.07) is 6.44. The highest BCUT2D eigenvalue weighted by Gasteiger charge is 2.21. The molecule has 0 N–H and O–H groups in total. The number of alkyl halides is 1. The Hall–Kier alpha value is -1.40. The largest absolute Gasteiger partial charge is 0.291 e. The van der Waals surface area contributed by atoms with Gasteiger partial charge in [0.2, 0.25) is 0 Å². The predicted octanol–water partition coefficient (Wildman–Crippen LogP) is 2.30. The Labute approximate surface area is 128 Å². The van der Waals surface area contributed by atoms with Gasteiger partial charge in [0.05, 0.1) is 22.0 Å². The van der Waals surface area contributed by atoms with E-state index >= 15 is 0 Å². The molecule has 0 saturated carbocycles. The zero-order chi connectivity index (χ0) is 15.8. The Morgan fingerprint density at radius 1 is 1.29 bits per heavy atom. The fraction of sp³-hybridized carbons (Fsp3) is 0.429. The molecule has 2 atom stereocenters. The van der Waals surface area contributed by atoms with Crippen LogP contribution in [0.1, 0.15) is 31.1 Å². The third-order valence-electron chi connectivity index (χ3n) is 3.18. The summed E-state index contributed by atoms with van der Waals surface area (Å²) in [6.45, 7) is 3.39. The Kier molecular flexibility index (Phi) is 4.39. The molecule has 0 fully saturated rings. The van der Waals surface area contributed by atoms with E-state index in [0.717, 1.165) is 6.26 Å². The number of hydrogen-bond acceptors (Lipinski definition) is 4. The summed E-state index contributed by atoms with van der Waals surface area (Å²) in [5.74, 6) is 0.250. The molecule has 0 aliphatic rings. The molecular formula is C14H17ClN2O3S. The Morgan fingerprint density at radius 3 is 2.48 bits per heavy atom. The van der Waals surface area contributed by atoms with Gasteiger partial charge in [-0.3, -0.25) is 9.36 Å². The van der Waals surface area contributed by atoms with E-state index in [0.29, 0.717) is 16.7 Å². The van der Waals surface area contributed by atoms with Crippen molar-refractivity contribution >= 4 is 32.3 Å². The predicted molar refractivity (Wildman–Crippen MR) is 84.7 cm³/mol. The minimum atomic E-state index is -3.21. The van der Waals surface area contributed by atoms with Gasteiger partial charge >= 0.3 is 0 Å². The van der Waals surface area contributed by atoms with Crippen molar-refractivity contribution in [2.24, 2.45) is 0 Å². The molecule has 5 nitrogen and oxygen atoms in total. The maximum Gasteiger partial charge on any atom is 0.261 e. The topological polar surface area (TPSA) is 69.0 Å². The summed E-state index contributed by atoms with van der Waals surface area (Å²) in [7, 11) is -3.21. The number of fused-ring (bicyclic) bond motifs is 1. The number of aromatic nitrogens is 2. The van der Waals surface area contributed by atoms with Gasteiger partial charge in [-0.05, 0) is 26.0 Å². The second-order valence-electron chi connectivity index (χ2n) is 5.22. The molecule has 2 unspecified atom stereocenters. The van der Waals surface area contributed by atoms with E-state index in [-0.39, 0.29) is 11.3 Å². The van der Waals surface area contributed by atoms with Gasteiger partial charge in [0.1, 0.15) is 15.7 Å². The van der Waals surface area contributed by atoms with Crippen molar-refractivity contribution in [1.29, 1.82) is 0 Å². The summed E-state index contributed by atoms with van der Waals surface area (Å²) in [5.41, 5.74) is 0.298. The average molecular weight is 329 g/mol. The van der Waals surface area contributed by atoms with Gasteiger partial charge in [0.25, 0.3) is 5.56 Å². The molecule has 1 aromatic carbocycles. The number of hydrogen-bond donors (Lipinski definition) is 0. The van der Waals surface area contributed by atoms with Crippen molar-refractivity contribution in [2.75, 3.05) is 12.0 Å². The van der Waals surface area contributed by atoms with E-state index in [9.17, 15) is 13.2 Å². The first kappa shape index (κ1) is 16.0. The van der Waals surface area contributed by atoms with Crippen LogP contribution in [-0.4, -0.2) is 30.0 Å². The van der Waals surface area contributed by atoms with Crippen molar-refractivity contribution in [3.63, 3.8) is 0 Å². The van der Waals surface area contributed by atoms with Crippen molar-refractivity contribution in [2.45, 2.75) is 25.3 Å². The van der Waals surface area contributed by atoms with Crippen LogP contribution in [0.15, 0.2) is 29.1 Å². The van der Waals surface area contributed by atoms with Crippen LogP contribution in [0.4, 0.5) is 0 Å². The lowest BCUT2D eigenvalue weighted by atomic mass is 10.2. The minimum Gasteiger partial charge on any atom is -0.291 e. The summed E-state index contributed by atoms with van der Waals surface area (Å²) in [6.07, 6.45) is 1.15. The smallest absolute Gasteiger partial charge is 0.261 e. The molecule has 0 saturated heterocycles. The second-order valence-corrected chi connectivity index (χ2v) is 8.06. The molecule has 0 radical (unpaired) electrons. The number of rotatable bonds is 4. The van der Waals surface area contributed by atoms with E-state index in [2.05, 4.69) is 4.98 Å². The van der Waals surface area contributed by atoms with Crippen LogP contribution in [0, 0.1) is 0 Å². The molecule has 1 heterocycles. The first-order valence-corrected chi connectivity index (χ1v) is 9.03.